The van der Waals surface area contributed by atoms with Crippen LogP contribution in [-0.2, 0) is 0 Å². The molecule has 4 nitrogen and oxygen atoms in total. The summed E-state index contributed by atoms with van der Waals surface area (Å²) in [7, 11) is 0. The molecule has 4 aliphatic carbocycles. The van der Waals surface area contributed by atoms with E-state index in [4.69, 9.17) is 4.74 Å². The molecule has 0 aliphatic heterocycles. The van der Waals surface area contributed by atoms with Gasteiger partial charge >= 0.3 is 0 Å². The number of aliphatic hydroxyl groups excluding tert-OH is 1. The number of rotatable bonds is 5. The smallest absolute Gasteiger partial charge is 0.251 e. The van der Waals surface area contributed by atoms with E-state index in [2.05, 4.69) is 12.2 Å². The maximum absolute atomic E-state index is 12.8. The van der Waals surface area contributed by atoms with Gasteiger partial charge in [0.05, 0.1) is 12.7 Å². The third-order valence-electron chi connectivity index (χ3n) is 8.04. The molecule has 152 valence electrons. The van der Waals surface area contributed by atoms with Gasteiger partial charge in [0.1, 0.15) is 5.75 Å². The average molecular weight is 384 g/mol. The van der Waals surface area contributed by atoms with Crippen LogP contribution in [0.15, 0.2) is 24.3 Å². The first-order chi connectivity index (χ1) is 13.5. The molecule has 5 atom stereocenters. The largest absolute Gasteiger partial charge is 0.493 e. The van der Waals surface area contributed by atoms with Crippen LogP contribution in [-0.4, -0.2) is 29.8 Å². The maximum Gasteiger partial charge on any atom is 0.251 e. The highest BCUT2D eigenvalue weighted by Crippen LogP contribution is 2.71. The summed E-state index contributed by atoms with van der Waals surface area (Å²) in [4.78, 5) is 12.8. The molecule has 2 bridgehead atoms. The van der Waals surface area contributed by atoms with Gasteiger partial charge in [0.15, 0.2) is 0 Å². The fraction of sp³-hybridized carbons (Fsp3) is 0.708. The molecule has 0 saturated heterocycles. The Morgan fingerprint density at radius 1 is 1.14 bits per heavy atom. The molecule has 1 spiro atoms. The van der Waals surface area contributed by atoms with Crippen molar-refractivity contribution in [1.82, 2.24) is 5.32 Å². The Hall–Kier alpha value is -1.55. The lowest BCUT2D eigenvalue weighted by Crippen LogP contribution is -2.40. The number of hydrogen-bond donors (Lipinski definition) is 2. The van der Waals surface area contributed by atoms with Crippen LogP contribution in [0.3, 0.4) is 0 Å². The zero-order valence-corrected chi connectivity index (χ0v) is 16.9. The molecule has 1 aromatic carbocycles. The number of amides is 1. The quantitative estimate of drug-likeness (QED) is 0.802. The normalized spacial score (nSPS) is 41.2. The minimum absolute atomic E-state index is 0.0695. The summed E-state index contributed by atoms with van der Waals surface area (Å²) in [6, 6.07) is 8.00. The Morgan fingerprint density at radius 2 is 1.89 bits per heavy atom. The Balaban J connectivity index is 1.14. The summed E-state index contributed by atoms with van der Waals surface area (Å²) in [5.74, 6) is 3.65. The number of carbonyl (C=O) groups excluding carboxylic acids is 1. The fourth-order valence-electron chi connectivity index (χ4n) is 6.62. The monoisotopic (exact) mass is 383 g/mol. The van der Waals surface area contributed by atoms with E-state index in [1.165, 1.54) is 25.7 Å². The van der Waals surface area contributed by atoms with Crippen LogP contribution in [0.2, 0.25) is 0 Å². The van der Waals surface area contributed by atoms with Crippen LogP contribution < -0.4 is 10.1 Å². The summed E-state index contributed by atoms with van der Waals surface area (Å²) in [6.45, 7) is 3.08. The van der Waals surface area contributed by atoms with E-state index in [9.17, 15) is 9.90 Å². The third kappa shape index (κ3) is 3.45. The van der Waals surface area contributed by atoms with Gasteiger partial charge in [-0.3, -0.25) is 4.79 Å². The number of fused-ring (bicyclic) bond motifs is 1. The van der Waals surface area contributed by atoms with Crippen LogP contribution in [0, 0.1) is 29.1 Å². The molecule has 1 aromatic rings. The number of ether oxygens (including phenoxy) is 1. The van der Waals surface area contributed by atoms with E-state index in [1.807, 2.05) is 24.3 Å². The topological polar surface area (TPSA) is 58.6 Å². The van der Waals surface area contributed by atoms with Crippen molar-refractivity contribution in [1.29, 1.82) is 0 Å². The second-order valence-corrected chi connectivity index (χ2v) is 10.2. The molecule has 28 heavy (non-hydrogen) atoms. The highest BCUT2D eigenvalue weighted by molar-refractivity contribution is 5.94. The molecule has 0 radical (unpaired) electrons. The number of nitrogens with one attached hydrogen (secondary N) is 1. The van der Waals surface area contributed by atoms with Gasteiger partial charge in [0.2, 0.25) is 0 Å². The minimum atomic E-state index is -0.123. The number of hydrogen-bond acceptors (Lipinski definition) is 3. The third-order valence-corrected chi connectivity index (χ3v) is 8.04. The van der Waals surface area contributed by atoms with Crippen molar-refractivity contribution in [3.63, 3.8) is 0 Å². The number of carbonyl (C=O) groups is 1. The van der Waals surface area contributed by atoms with Crippen LogP contribution in [0.5, 0.6) is 5.75 Å². The van der Waals surface area contributed by atoms with Crippen molar-refractivity contribution in [2.24, 2.45) is 29.1 Å². The molecular formula is C24H33NO3. The van der Waals surface area contributed by atoms with Gasteiger partial charge in [0, 0.05) is 11.6 Å². The second kappa shape index (κ2) is 7.05. The van der Waals surface area contributed by atoms with Crippen LogP contribution in [0.25, 0.3) is 0 Å². The average Bonchev–Trinajstić information content (AvgIpc) is 3.31. The van der Waals surface area contributed by atoms with E-state index in [-0.39, 0.29) is 12.0 Å². The van der Waals surface area contributed by atoms with Crippen molar-refractivity contribution in [3.05, 3.63) is 29.8 Å². The van der Waals surface area contributed by atoms with Crippen molar-refractivity contribution in [3.8, 4) is 5.75 Å². The number of aliphatic hydroxyl groups is 1. The van der Waals surface area contributed by atoms with Crippen molar-refractivity contribution in [2.75, 3.05) is 6.61 Å². The van der Waals surface area contributed by atoms with Gasteiger partial charge in [-0.1, -0.05) is 6.92 Å². The fourth-order valence-corrected chi connectivity index (χ4v) is 6.62. The van der Waals surface area contributed by atoms with Gasteiger partial charge < -0.3 is 15.2 Å². The predicted molar refractivity (Wildman–Crippen MR) is 108 cm³/mol. The first-order valence-corrected chi connectivity index (χ1v) is 11.2. The molecule has 4 aliphatic rings. The summed E-state index contributed by atoms with van der Waals surface area (Å²) >= 11 is 0. The summed E-state index contributed by atoms with van der Waals surface area (Å²) in [5.41, 5.74) is 1.31. The van der Waals surface area contributed by atoms with E-state index in [0.29, 0.717) is 29.9 Å². The first kappa shape index (κ1) is 18.5. The van der Waals surface area contributed by atoms with Crippen molar-refractivity contribution >= 4 is 5.91 Å². The second-order valence-electron chi connectivity index (χ2n) is 10.2. The molecule has 0 heterocycles. The Morgan fingerprint density at radius 3 is 2.64 bits per heavy atom. The maximum atomic E-state index is 12.8. The minimum Gasteiger partial charge on any atom is -0.493 e. The van der Waals surface area contributed by atoms with Crippen molar-refractivity contribution < 1.29 is 14.6 Å². The molecule has 2 N–H and O–H groups in total. The van der Waals surface area contributed by atoms with Crippen LogP contribution >= 0.6 is 0 Å². The van der Waals surface area contributed by atoms with E-state index < -0.39 is 0 Å². The highest BCUT2D eigenvalue weighted by atomic mass is 16.5. The standard InChI is InChI=1S/C24H33NO3/c1-15-10-18-12-24(11-15)13-21(24)22(18)25-23(27)17-4-8-20(9-5-17)28-14-16-2-6-19(26)7-3-16/h4-5,8-9,15-16,18-19,21-22,26H,2-3,6-7,10-14H2,1H3,(H,25,27). The van der Waals surface area contributed by atoms with Crippen LogP contribution in [0.4, 0.5) is 0 Å². The molecule has 5 unspecified atom stereocenters. The molecule has 5 rings (SSSR count). The number of benzene rings is 1. The lowest BCUT2D eigenvalue weighted by molar-refractivity contribution is 0.0914. The first-order valence-electron chi connectivity index (χ1n) is 11.2. The molecule has 1 amide bonds. The Bertz CT molecular complexity index is 724. The van der Waals surface area contributed by atoms with E-state index >= 15 is 0 Å². The van der Waals surface area contributed by atoms with Crippen molar-refractivity contribution in [2.45, 2.75) is 70.4 Å². The summed E-state index contributed by atoms with van der Waals surface area (Å²) in [5, 5.41) is 13.0. The SMILES string of the molecule is CC1CC2CC3(C1)CC3C2NC(=O)c1ccc(OCC2CCC(O)CC2)cc1. The highest BCUT2D eigenvalue weighted by Gasteiger charge is 2.67. The lowest BCUT2D eigenvalue weighted by atomic mass is 9.77. The van der Waals surface area contributed by atoms with E-state index in [1.54, 1.807) is 0 Å². The summed E-state index contributed by atoms with van der Waals surface area (Å²) in [6.07, 6.45) is 9.01. The van der Waals surface area contributed by atoms with Gasteiger partial charge in [-0.05, 0) is 105 Å². The van der Waals surface area contributed by atoms with Crippen LogP contribution in [0.1, 0.15) is 68.6 Å². The van der Waals surface area contributed by atoms with Gasteiger partial charge in [-0.25, -0.2) is 0 Å². The molecule has 4 heteroatoms. The van der Waals surface area contributed by atoms with Gasteiger partial charge in [0.25, 0.3) is 5.91 Å². The van der Waals surface area contributed by atoms with Gasteiger partial charge in [-0.2, -0.15) is 0 Å². The van der Waals surface area contributed by atoms with Gasteiger partial charge in [-0.15, -0.1) is 0 Å². The molecule has 4 saturated carbocycles. The Labute approximate surface area is 168 Å². The Kier molecular flexibility index (Phi) is 4.65. The zero-order valence-electron chi connectivity index (χ0n) is 16.9. The summed E-state index contributed by atoms with van der Waals surface area (Å²) < 4.78 is 5.93. The lowest BCUT2D eigenvalue weighted by Gasteiger charge is -2.31. The molecule has 4 fully saturated rings. The zero-order chi connectivity index (χ0) is 19.3. The molecule has 0 aromatic heterocycles. The van der Waals surface area contributed by atoms with E-state index in [0.717, 1.165) is 48.8 Å². The predicted octanol–water partition coefficient (Wildman–Crippen LogP) is 4.17. The molecular weight excluding hydrogens is 350 g/mol.